The number of nitrogens with zero attached hydrogens (tertiary/aromatic N) is 1. The molecule has 0 aliphatic carbocycles. The van der Waals surface area contributed by atoms with Crippen molar-refractivity contribution < 1.29 is 9.53 Å². The molecule has 11 heavy (non-hydrogen) atoms. The number of aromatic amines is 1. The fraction of sp³-hybridized carbons (Fsp3) is 0.429. The number of rotatable bonds is 2. The molecule has 1 N–H and O–H groups in total. The van der Waals surface area contributed by atoms with Crippen molar-refractivity contribution >= 4 is 5.97 Å². The van der Waals surface area contributed by atoms with Gasteiger partial charge in [0.2, 0.25) is 0 Å². The summed E-state index contributed by atoms with van der Waals surface area (Å²) < 4.78 is 4.74. The summed E-state index contributed by atoms with van der Waals surface area (Å²) >= 11 is 0. The molecule has 1 aromatic heterocycles. The molecule has 59 valence electrons. The summed E-state index contributed by atoms with van der Waals surface area (Å²) in [7, 11) is 0. The Morgan fingerprint density at radius 3 is 3.00 bits per heavy atom. The molecular weight excluding hydrogens is 144 g/mol. The second-order valence-corrected chi connectivity index (χ2v) is 2.03. The van der Waals surface area contributed by atoms with Crippen molar-refractivity contribution in [3.05, 3.63) is 17.5 Å². The summed E-state index contributed by atoms with van der Waals surface area (Å²) in [5, 5.41) is 6.20. The van der Waals surface area contributed by atoms with Crippen LogP contribution < -0.4 is 0 Å². The zero-order valence-electron chi connectivity index (χ0n) is 6.47. The van der Waals surface area contributed by atoms with Gasteiger partial charge >= 0.3 is 5.97 Å². The second-order valence-electron chi connectivity index (χ2n) is 2.03. The zero-order valence-corrected chi connectivity index (χ0v) is 6.47. The maximum atomic E-state index is 11.0. The third kappa shape index (κ3) is 1.58. The highest BCUT2D eigenvalue weighted by Crippen LogP contribution is 2.02. The topological polar surface area (TPSA) is 55.0 Å². The van der Waals surface area contributed by atoms with E-state index in [9.17, 15) is 4.79 Å². The lowest BCUT2D eigenvalue weighted by Crippen LogP contribution is -2.04. The molecule has 1 rings (SSSR count). The number of hydrogen-bond donors (Lipinski definition) is 1. The average Bonchev–Trinajstić information content (AvgIpc) is 2.36. The maximum absolute atomic E-state index is 11.0. The molecule has 0 bridgehead atoms. The molecule has 4 nitrogen and oxygen atoms in total. The molecule has 0 unspecified atom stereocenters. The van der Waals surface area contributed by atoms with Crippen molar-refractivity contribution in [2.75, 3.05) is 6.61 Å². The molecule has 1 heterocycles. The van der Waals surface area contributed by atoms with Crippen LogP contribution in [0.5, 0.6) is 0 Å². The minimum atomic E-state index is -0.376. The molecular formula is C7H9N2O2. The predicted octanol–water partition coefficient (Wildman–Crippen LogP) is 0.695. The van der Waals surface area contributed by atoms with Crippen LogP contribution in [0.4, 0.5) is 0 Å². The van der Waals surface area contributed by atoms with Gasteiger partial charge in [0.1, 0.15) is 5.56 Å². The van der Waals surface area contributed by atoms with Crippen molar-refractivity contribution in [3.63, 3.8) is 0 Å². The lowest BCUT2D eigenvalue weighted by molar-refractivity contribution is 0.0525. The van der Waals surface area contributed by atoms with Crippen LogP contribution in [0.3, 0.4) is 0 Å². The highest BCUT2D eigenvalue weighted by molar-refractivity contribution is 5.89. The third-order valence-electron chi connectivity index (χ3n) is 1.25. The van der Waals surface area contributed by atoms with Gasteiger partial charge in [0.15, 0.2) is 0 Å². The molecule has 0 saturated heterocycles. The van der Waals surface area contributed by atoms with Crippen molar-refractivity contribution in [2.24, 2.45) is 0 Å². The normalized spacial score (nSPS) is 9.64. The van der Waals surface area contributed by atoms with E-state index in [1.54, 1.807) is 13.8 Å². The number of H-pyrrole nitrogens is 1. The van der Waals surface area contributed by atoms with Gasteiger partial charge in [0.25, 0.3) is 0 Å². The number of hydrogen-bond acceptors (Lipinski definition) is 3. The molecule has 0 saturated carbocycles. The molecule has 0 aromatic carbocycles. The first-order valence-electron chi connectivity index (χ1n) is 3.35. The van der Waals surface area contributed by atoms with Crippen molar-refractivity contribution in [1.29, 1.82) is 0 Å². The SMILES string of the molecule is CCOC(=O)c1[c][nH]nc1C. The first-order chi connectivity index (χ1) is 5.25. The van der Waals surface area contributed by atoms with Gasteiger partial charge in [-0.1, -0.05) is 0 Å². The fourth-order valence-corrected chi connectivity index (χ4v) is 0.716. The molecule has 0 fully saturated rings. The molecule has 1 radical (unpaired) electrons. The van der Waals surface area contributed by atoms with Crippen LogP contribution in [0.2, 0.25) is 0 Å². The first kappa shape index (κ1) is 7.78. The van der Waals surface area contributed by atoms with E-state index in [2.05, 4.69) is 16.4 Å². The van der Waals surface area contributed by atoms with Gasteiger partial charge in [-0.05, 0) is 13.8 Å². The lowest BCUT2D eigenvalue weighted by atomic mass is 10.3. The smallest absolute Gasteiger partial charge is 0.342 e. The number of carbonyl (C=O) groups excluding carboxylic acids is 1. The van der Waals surface area contributed by atoms with E-state index in [4.69, 9.17) is 4.74 Å². The summed E-state index contributed by atoms with van der Waals surface area (Å²) in [6.07, 6.45) is 2.58. The lowest BCUT2D eigenvalue weighted by Gasteiger charge is -1.97. The van der Waals surface area contributed by atoms with Crippen LogP contribution in [0.25, 0.3) is 0 Å². The van der Waals surface area contributed by atoms with Gasteiger partial charge in [-0.2, -0.15) is 5.10 Å². The molecule has 0 spiro atoms. The molecule has 0 aliphatic rings. The monoisotopic (exact) mass is 153 g/mol. The summed E-state index contributed by atoms with van der Waals surface area (Å²) in [6, 6.07) is 0. The van der Waals surface area contributed by atoms with Crippen molar-refractivity contribution in [2.45, 2.75) is 13.8 Å². The van der Waals surface area contributed by atoms with E-state index in [0.717, 1.165) is 0 Å². The molecule has 0 amide bonds. The van der Waals surface area contributed by atoms with E-state index in [1.807, 2.05) is 0 Å². The predicted molar refractivity (Wildman–Crippen MR) is 38.1 cm³/mol. The van der Waals surface area contributed by atoms with Crippen molar-refractivity contribution in [1.82, 2.24) is 10.2 Å². The summed E-state index contributed by atoms with van der Waals surface area (Å²) in [5.41, 5.74) is 0.996. The Morgan fingerprint density at radius 1 is 1.82 bits per heavy atom. The molecule has 1 aromatic rings. The van der Waals surface area contributed by atoms with E-state index >= 15 is 0 Å². The average molecular weight is 153 g/mol. The Kier molecular flexibility index (Phi) is 2.25. The van der Waals surface area contributed by atoms with Crippen molar-refractivity contribution in [3.8, 4) is 0 Å². The van der Waals surface area contributed by atoms with Gasteiger partial charge in [-0.15, -0.1) is 0 Å². The van der Waals surface area contributed by atoms with E-state index < -0.39 is 0 Å². The molecule has 4 heteroatoms. The van der Waals surface area contributed by atoms with E-state index in [0.29, 0.717) is 17.9 Å². The Morgan fingerprint density at radius 2 is 2.55 bits per heavy atom. The second kappa shape index (κ2) is 3.18. The Balaban J connectivity index is 2.76. The minimum Gasteiger partial charge on any atom is -0.462 e. The van der Waals surface area contributed by atoms with Gasteiger partial charge in [0.05, 0.1) is 18.5 Å². The Labute approximate surface area is 64.6 Å². The summed E-state index contributed by atoms with van der Waals surface area (Å²) in [4.78, 5) is 11.0. The van der Waals surface area contributed by atoms with Crippen LogP contribution in [0, 0.1) is 13.1 Å². The number of nitrogens with one attached hydrogen (secondary N) is 1. The summed E-state index contributed by atoms with van der Waals surface area (Å²) in [5.74, 6) is -0.376. The highest BCUT2D eigenvalue weighted by atomic mass is 16.5. The zero-order chi connectivity index (χ0) is 8.27. The number of carbonyl (C=O) groups is 1. The maximum Gasteiger partial charge on any atom is 0.342 e. The van der Waals surface area contributed by atoms with E-state index in [1.165, 1.54) is 0 Å². The van der Waals surface area contributed by atoms with Crippen LogP contribution in [0.1, 0.15) is 23.0 Å². The Bertz CT molecular complexity index is 255. The van der Waals surface area contributed by atoms with Gasteiger partial charge in [-0.25, -0.2) is 4.79 Å². The van der Waals surface area contributed by atoms with Gasteiger partial charge < -0.3 is 4.74 Å². The quantitative estimate of drug-likeness (QED) is 0.636. The van der Waals surface area contributed by atoms with Crippen LogP contribution in [0.15, 0.2) is 0 Å². The Hall–Kier alpha value is -1.32. The number of ether oxygens (including phenoxy) is 1. The highest BCUT2D eigenvalue weighted by Gasteiger charge is 2.11. The minimum absolute atomic E-state index is 0.372. The van der Waals surface area contributed by atoms with Crippen LogP contribution in [-0.2, 0) is 4.74 Å². The first-order valence-corrected chi connectivity index (χ1v) is 3.35. The summed E-state index contributed by atoms with van der Waals surface area (Å²) in [6.45, 7) is 3.85. The largest absolute Gasteiger partial charge is 0.462 e. The standard InChI is InChI=1S/C7H9N2O2/c1-3-11-7(10)6-4-8-9-5(6)2/h3H2,1-2H3,(H,8,9). The van der Waals surface area contributed by atoms with Crippen LogP contribution >= 0.6 is 0 Å². The number of aryl methyl sites for hydroxylation is 1. The molecule has 0 aliphatic heterocycles. The number of esters is 1. The molecule has 0 atom stereocenters. The van der Waals surface area contributed by atoms with Gasteiger partial charge in [-0.3, -0.25) is 5.10 Å². The number of aromatic nitrogens is 2. The fourth-order valence-electron chi connectivity index (χ4n) is 0.716. The van der Waals surface area contributed by atoms with E-state index in [-0.39, 0.29) is 5.97 Å². The van der Waals surface area contributed by atoms with Crippen LogP contribution in [-0.4, -0.2) is 22.8 Å². The van der Waals surface area contributed by atoms with Gasteiger partial charge in [0, 0.05) is 0 Å². The third-order valence-corrected chi connectivity index (χ3v) is 1.25.